The summed E-state index contributed by atoms with van der Waals surface area (Å²) in [5.74, 6) is 0.825. The second-order valence-corrected chi connectivity index (χ2v) is 9.03. The summed E-state index contributed by atoms with van der Waals surface area (Å²) in [6.45, 7) is 3.00. The minimum absolute atomic E-state index is 0.331. The molecule has 0 saturated carbocycles. The number of rotatable bonds is 2. The fourth-order valence-corrected chi connectivity index (χ4v) is 6.34. The third-order valence-electron chi connectivity index (χ3n) is 4.60. The molecule has 3 atom stereocenters. The summed E-state index contributed by atoms with van der Waals surface area (Å²) in [6, 6.07) is 10.6. The van der Waals surface area contributed by atoms with Gasteiger partial charge in [-0.3, -0.25) is 4.90 Å². The van der Waals surface area contributed by atoms with Crippen molar-refractivity contribution in [1.82, 2.24) is 4.90 Å². The summed E-state index contributed by atoms with van der Waals surface area (Å²) < 4.78 is 2.16. The summed E-state index contributed by atoms with van der Waals surface area (Å²) in [5.41, 5.74) is 2.47. The lowest BCUT2D eigenvalue weighted by atomic mass is 9.98. The van der Waals surface area contributed by atoms with Crippen LogP contribution in [0.3, 0.4) is 0 Å². The molecule has 1 aliphatic carbocycles. The second kappa shape index (κ2) is 5.46. The van der Waals surface area contributed by atoms with Gasteiger partial charge in [-0.05, 0) is 37.4 Å². The number of halogens is 2. The highest BCUT2D eigenvalue weighted by atomic mass is 79.9. The topological polar surface area (TPSA) is 23.5 Å². The molecule has 2 aliphatic rings. The molecule has 2 heterocycles. The van der Waals surface area contributed by atoms with Crippen LogP contribution < -0.4 is 0 Å². The summed E-state index contributed by atoms with van der Waals surface area (Å²) in [5, 5.41) is 10.7. The van der Waals surface area contributed by atoms with Gasteiger partial charge in [0, 0.05) is 46.4 Å². The van der Waals surface area contributed by atoms with Gasteiger partial charge < -0.3 is 5.11 Å². The lowest BCUT2D eigenvalue weighted by Crippen LogP contribution is -2.22. The lowest BCUT2D eigenvalue weighted by molar-refractivity contribution is 0.117. The first kappa shape index (κ1) is 14.4. The van der Waals surface area contributed by atoms with E-state index in [9.17, 15) is 5.11 Å². The van der Waals surface area contributed by atoms with E-state index >= 15 is 0 Å². The largest absolute Gasteiger partial charge is 0.388 e. The van der Waals surface area contributed by atoms with Gasteiger partial charge in [0.05, 0.1) is 9.89 Å². The zero-order valence-corrected chi connectivity index (χ0v) is 15.3. The van der Waals surface area contributed by atoms with Crippen LogP contribution in [0.15, 0.2) is 38.6 Å². The Labute approximate surface area is 145 Å². The van der Waals surface area contributed by atoms with Gasteiger partial charge in [-0.15, -0.1) is 11.3 Å². The predicted molar refractivity (Wildman–Crippen MR) is 92.6 cm³/mol. The Morgan fingerprint density at radius 1 is 1.19 bits per heavy atom. The molecule has 0 radical (unpaired) electrons. The minimum Gasteiger partial charge on any atom is -0.388 e. The van der Waals surface area contributed by atoms with E-state index in [1.54, 1.807) is 11.3 Å². The number of aliphatic hydroxyl groups is 1. The van der Waals surface area contributed by atoms with Crippen LogP contribution in [0.5, 0.6) is 0 Å². The molecule has 1 saturated heterocycles. The number of hydrogen-bond acceptors (Lipinski definition) is 3. The van der Waals surface area contributed by atoms with E-state index in [1.165, 1.54) is 10.4 Å². The number of fused-ring (bicyclic) bond motifs is 3. The van der Waals surface area contributed by atoms with E-state index in [2.05, 4.69) is 67.1 Å². The highest BCUT2D eigenvalue weighted by molar-refractivity contribution is 9.13. The standard InChI is InChI=1S/C16H15Br2NOS/c17-13-12-14(20)10-7-19(6-9-4-2-1-3-5-9)8-11(10)15(12)21-16(13)18/h1-5,10-11,14,20H,6-8H2. The molecule has 4 rings (SSSR count). The maximum atomic E-state index is 10.7. The number of thiophene rings is 1. The Hall–Kier alpha value is -0.200. The fourth-order valence-electron chi connectivity index (χ4n) is 3.66. The molecule has 3 unspecified atom stereocenters. The van der Waals surface area contributed by atoms with Crippen molar-refractivity contribution in [2.75, 3.05) is 13.1 Å². The van der Waals surface area contributed by atoms with Crippen LogP contribution >= 0.6 is 43.2 Å². The smallest absolute Gasteiger partial charge is 0.0859 e. The number of benzene rings is 1. The normalized spacial score (nSPS) is 27.9. The van der Waals surface area contributed by atoms with Gasteiger partial charge in [-0.2, -0.15) is 0 Å². The van der Waals surface area contributed by atoms with Gasteiger partial charge in [0.25, 0.3) is 0 Å². The first-order valence-corrected chi connectivity index (χ1v) is 9.47. The van der Waals surface area contributed by atoms with Gasteiger partial charge in [-0.25, -0.2) is 0 Å². The zero-order valence-electron chi connectivity index (χ0n) is 11.3. The lowest BCUT2D eigenvalue weighted by Gasteiger charge is -2.18. The first-order chi connectivity index (χ1) is 10.1. The van der Waals surface area contributed by atoms with Crippen LogP contribution in [0.25, 0.3) is 0 Å². The summed E-state index contributed by atoms with van der Waals surface area (Å²) in [6.07, 6.45) is -0.331. The molecule has 1 N–H and O–H groups in total. The number of hydrogen-bond donors (Lipinski definition) is 1. The molecule has 1 aromatic carbocycles. The third kappa shape index (κ3) is 2.34. The molecule has 2 aromatic rings. The summed E-state index contributed by atoms with van der Waals surface area (Å²) >= 11 is 8.97. The van der Waals surface area contributed by atoms with Gasteiger partial charge >= 0.3 is 0 Å². The zero-order chi connectivity index (χ0) is 14.6. The van der Waals surface area contributed by atoms with E-state index in [0.29, 0.717) is 11.8 Å². The van der Waals surface area contributed by atoms with Crippen LogP contribution in [0.2, 0.25) is 0 Å². The van der Waals surface area contributed by atoms with Crippen molar-refractivity contribution in [2.45, 2.75) is 18.6 Å². The maximum Gasteiger partial charge on any atom is 0.0859 e. The number of likely N-dealkylation sites (tertiary alicyclic amines) is 1. The van der Waals surface area contributed by atoms with E-state index in [-0.39, 0.29) is 6.10 Å². The van der Waals surface area contributed by atoms with E-state index in [0.717, 1.165) is 33.5 Å². The SMILES string of the molecule is OC1c2c(sc(Br)c2Br)C2CN(Cc3ccccc3)CC12. The van der Waals surface area contributed by atoms with Gasteiger partial charge in [-0.1, -0.05) is 30.3 Å². The first-order valence-electron chi connectivity index (χ1n) is 7.07. The average Bonchev–Trinajstić information content (AvgIpc) is 3.08. The fraction of sp³-hybridized carbons (Fsp3) is 0.375. The molecule has 2 nitrogen and oxygen atoms in total. The Balaban J connectivity index is 1.57. The van der Waals surface area contributed by atoms with Crippen LogP contribution in [0, 0.1) is 5.92 Å². The van der Waals surface area contributed by atoms with E-state index in [1.807, 2.05) is 0 Å². The quantitative estimate of drug-likeness (QED) is 0.759. The highest BCUT2D eigenvalue weighted by Crippen LogP contribution is 2.56. The summed E-state index contributed by atoms with van der Waals surface area (Å²) in [4.78, 5) is 3.83. The molecule has 0 bridgehead atoms. The van der Waals surface area contributed by atoms with Crippen molar-refractivity contribution in [3.8, 4) is 0 Å². The van der Waals surface area contributed by atoms with Crippen molar-refractivity contribution in [3.05, 3.63) is 54.6 Å². The van der Waals surface area contributed by atoms with Crippen molar-refractivity contribution in [1.29, 1.82) is 0 Å². The van der Waals surface area contributed by atoms with Crippen LogP contribution in [0.4, 0.5) is 0 Å². The molecule has 1 fully saturated rings. The van der Waals surface area contributed by atoms with Crippen LogP contribution in [-0.2, 0) is 6.54 Å². The molecule has 1 aromatic heterocycles. The monoisotopic (exact) mass is 427 g/mol. The van der Waals surface area contributed by atoms with Crippen molar-refractivity contribution in [2.24, 2.45) is 5.92 Å². The minimum atomic E-state index is -0.331. The average molecular weight is 429 g/mol. The summed E-state index contributed by atoms with van der Waals surface area (Å²) in [7, 11) is 0. The number of aliphatic hydroxyl groups excluding tert-OH is 1. The molecular formula is C16H15Br2NOS. The van der Waals surface area contributed by atoms with Crippen molar-refractivity contribution >= 4 is 43.2 Å². The van der Waals surface area contributed by atoms with E-state index < -0.39 is 0 Å². The van der Waals surface area contributed by atoms with Crippen LogP contribution in [-0.4, -0.2) is 23.1 Å². The number of nitrogens with zero attached hydrogens (tertiary/aromatic N) is 1. The van der Waals surface area contributed by atoms with Crippen molar-refractivity contribution in [3.63, 3.8) is 0 Å². The Bertz CT molecular complexity index is 672. The Kier molecular flexibility index (Phi) is 3.74. The van der Waals surface area contributed by atoms with Gasteiger partial charge in [0.2, 0.25) is 0 Å². The van der Waals surface area contributed by atoms with Gasteiger partial charge in [0.15, 0.2) is 0 Å². The third-order valence-corrected chi connectivity index (χ3v) is 8.23. The Morgan fingerprint density at radius 3 is 2.71 bits per heavy atom. The van der Waals surface area contributed by atoms with E-state index in [4.69, 9.17) is 0 Å². The molecule has 5 heteroatoms. The molecule has 1 aliphatic heterocycles. The molecule has 0 spiro atoms. The van der Waals surface area contributed by atoms with Gasteiger partial charge in [0.1, 0.15) is 0 Å². The van der Waals surface area contributed by atoms with Crippen LogP contribution in [0.1, 0.15) is 28.0 Å². The molecule has 0 amide bonds. The second-order valence-electron chi connectivity index (χ2n) is 5.86. The Morgan fingerprint density at radius 2 is 1.95 bits per heavy atom. The highest BCUT2D eigenvalue weighted by Gasteiger charge is 2.48. The molecular weight excluding hydrogens is 414 g/mol. The van der Waals surface area contributed by atoms with Crippen molar-refractivity contribution < 1.29 is 5.11 Å². The maximum absolute atomic E-state index is 10.7. The molecule has 110 valence electrons. The predicted octanol–water partition coefficient (Wildman–Crippen LogP) is 4.54. The molecule has 21 heavy (non-hydrogen) atoms.